The van der Waals surface area contributed by atoms with Gasteiger partial charge in [0.2, 0.25) is 11.0 Å². The fourth-order valence-electron chi connectivity index (χ4n) is 6.49. The Kier molecular flexibility index (Phi) is 4.61. The summed E-state index contributed by atoms with van der Waals surface area (Å²) in [4.78, 5) is 13.2. The Morgan fingerprint density at radius 1 is 1.00 bits per heavy atom. The molecule has 1 N–H and O–H groups in total. The largest absolute Gasteiger partial charge is 0.300 e. The van der Waals surface area contributed by atoms with E-state index < -0.39 is 0 Å². The van der Waals surface area contributed by atoms with Crippen molar-refractivity contribution in [2.45, 2.75) is 48.6 Å². The van der Waals surface area contributed by atoms with E-state index in [-0.39, 0.29) is 11.3 Å². The third-order valence-corrected chi connectivity index (χ3v) is 9.40. The summed E-state index contributed by atoms with van der Waals surface area (Å²) < 4.78 is 0.906. The summed E-state index contributed by atoms with van der Waals surface area (Å²) in [5.74, 6) is 3.34. The molecule has 154 valence electrons. The van der Waals surface area contributed by atoms with Crippen molar-refractivity contribution in [1.82, 2.24) is 10.2 Å². The first-order valence-electron chi connectivity index (χ1n) is 10.9. The van der Waals surface area contributed by atoms with Crippen LogP contribution in [-0.2, 0) is 10.5 Å². The summed E-state index contributed by atoms with van der Waals surface area (Å²) in [6, 6.07) is 14.9. The monoisotopic (exact) mass is 435 g/mol. The molecule has 4 bridgehead atoms. The number of hydrogen-bond donors (Lipinski definition) is 1. The number of fused-ring (bicyclic) bond motifs is 1. The molecule has 0 radical (unpaired) electrons. The van der Waals surface area contributed by atoms with Crippen molar-refractivity contribution in [3.8, 4) is 0 Å². The number of aromatic nitrogens is 2. The maximum absolute atomic E-state index is 13.2. The van der Waals surface area contributed by atoms with Crippen LogP contribution < -0.4 is 5.32 Å². The molecule has 0 atom stereocenters. The molecule has 4 fully saturated rings. The summed E-state index contributed by atoms with van der Waals surface area (Å²) in [5.41, 5.74) is 1.16. The van der Waals surface area contributed by atoms with Crippen LogP contribution >= 0.6 is 23.1 Å². The van der Waals surface area contributed by atoms with Crippen molar-refractivity contribution < 1.29 is 4.79 Å². The van der Waals surface area contributed by atoms with E-state index in [1.165, 1.54) is 46.9 Å². The van der Waals surface area contributed by atoms with Gasteiger partial charge in [-0.05, 0) is 72.6 Å². The quantitative estimate of drug-likeness (QED) is 0.386. The lowest BCUT2D eigenvalue weighted by molar-refractivity contribution is -0.140. The lowest BCUT2D eigenvalue weighted by Crippen LogP contribution is -2.51. The van der Waals surface area contributed by atoms with E-state index in [9.17, 15) is 4.79 Å². The predicted molar refractivity (Wildman–Crippen MR) is 123 cm³/mol. The molecular formula is C24H25N3OS2. The molecule has 1 heterocycles. The molecule has 4 aliphatic rings. The van der Waals surface area contributed by atoms with Crippen molar-refractivity contribution >= 4 is 44.9 Å². The molecule has 3 aromatic rings. The maximum Gasteiger partial charge on any atom is 0.232 e. The Morgan fingerprint density at radius 3 is 2.47 bits per heavy atom. The molecule has 4 nitrogen and oxygen atoms in total. The molecule has 30 heavy (non-hydrogen) atoms. The summed E-state index contributed by atoms with van der Waals surface area (Å²) in [5, 5.41) is 14.9. The highest BCUT2D eigenvalue weighted by atomic mass is 32.2. The van der Waals surface area contributed by atoms with E-state index in [4.69, 9.17) is 0 Å². The average Bonchev–Trinajstić information content (AvgIpc) is 3.18. The Bertz CT molecular complexity index is 1070. The standard InChI is InChI=1S/C24H25N3OS2/c28-21(24-11-15-8-16(12-24)10-17(9-15)13-24)25-22-26-27-23(30-22)29-14-19-6-3-5-18-4-1-2-7-20(18)19/h1-7,15-17H,8-14H2,(H,25,26,28). The Morgan fingerprint density at radius 2 is 1.70 bits per heavy atom. The minimum absolute atomic E-state index is 0.142. The number of anilines is 1. The highest BCUT2D eigenvalue weighted by Crippen LogP contribution is 2.60. The zero-order valence-electron chi connectivity index (χ0n) is 16.8. The molecule has 4 saturated carbocycles. The molecule has 0 saturated heterocycles. The van der Waals surface area contributed by atoms with Crippen LogP contribution in [0.15, 0.2) is 46.8 Å². The van der Waals surface area contributed by atoms with Crippen molar-refractivity contribution in [2.24, 2.45) is 23.2 Å². The highest BCUT2D eigenvalue weighted by molar-refractivity contribution is 8.00. The minimum atomic E-state index is -0.142. The second-order valence-electron chi connectivity index (χ2n) is 9.45. The van der Waals surface area contributed by atoms with E-state index in [0.717, 1.165) is 47.1 Å². The number of carbonyl (C=O) groups excluding carboxylic acids is 1. The minimum Gasteiger partial charge on any atom is -0.300 e. The second-order valence-corrected chi connectivity index (χ2v) is 11.7. The molecule has 6 heteroatoms. The first-order valence-corrected chi connectivity index (χ1v) is 12.7. The van der Waals surface area contributed by atoms with Gasteiger partial charge < -0.3 is 5.32 Å². The van der Waals surface area contributed by atoms with Gasteiger partial charge in [0, 0.05) is 5.75 Å². The van der Waals surface area contributed by atoms with Crippen LogP contribution in [0.5, 0.6) is 0 Å². The van der Waals surface area contributed by atoms with Crippen molar-refractivity contribution in [2.75, 3.05) is 5.32 Å². The lowest BCUT2D eigenvalue weighted by Gasteiger charge is -2.55. The lowest BCUT2D eigenvalue weighted by atomic mass is 9.49. The molecule has 2 aromatic carbocycles. The first-order chi connectivity index (χ1) is 14.7. The number of amides is 1. The van der Waals surface area contributed by atoms with Crippen LogP contribution in [0.4, 0.5) is 5.13 Å². The van der Waals surface area contributed by atoms with Crippen LogP contribution in [0.25, 0.3) is 10.8 Å². The van der Waals surface area contributed by atoms with Crippen LogP contribution in [0.1, 0.15) is 44.1 Å². The van der Waals surface area contributed by atoms with Gasteiger partial charge in [-0.3, -0.25) is 4.79 Å². The van der Waals surface area contributed by atoms with Crippen molar-refractivity contribution in [3.63, 3.8) is 0 Å². The van der Waals surface area contributed by atoms with Gasteiger partial charge >= 0.3 is 0 Å². The third kappa shape index (κ3) is 3.34. The number of hydrogen-bond acceptors (Lipinski definition) is 5. The van der Waals surface area contributed by atoms with Crippen LogP contribution in [0.3, 0.4) is 0 Å². The van der Waals surface area contributed by atoms with Crippen LogP contribution in [0, 0.1) is 23.2 Å². The molecule has 4 aliphatic carbocycles. The smallest absolute Gasteiger partial charge is 0.232 e. The summed E-state index contributed by atoms with van der Waals surface area (Å²) in [7, 11) is 0. The van der Waals surface area contributed by atoms with Crippen molar-refractivity contribution in [3.05, 3.63) is 48.0 Å². The van der Waals surface area contributed by atoms with Gasteiger partial charge in [-0.25, -0.2) is 0 Å². The van der Waals surface area contributed by atoms with Gasteiger partial charge in [-0.1, -0.05) is 65.6 Å². The van der Waals surface area contributed by atoms with Crippen LogP contribution in [0.2, 0.25) is 0 Å². The first kappa shape index (κ1) is 18.8. The maximum atomic E-state index is 13.2. The number of rotatable bonds is 5. The van der Waals surface area contributed by atoms with E-state index >= 15 is 0 Å². The summed E-state index contributed by atoms with van der Waals surface area (Å²) >= 11 is 3.19. The molecule has 0 unspecified atom stereocenters. The van der Waals surface area contributed by atoms with E-state index in [1.54, 1.807) is 11.8 Å². The number of nitrogens with one attached hydrogen (secondary N) is 1. The van der Waals surface area contributed by atoms with Gasteiger partial charge in [0.15, 0.2) is 4.34 Å². The number of thioether (sulfide) groups is 1. The van der Waals surface area contributed by atoms with Gasteiger partial charge in [-0.2, -0.15) is 0 Å². The third-order valence-electron chi connectivity index (χ3n) is 7.38. The van der Waals surface area contributed by atoms with E-state index in [2.05, 4.69) is 58.0 Å². The van der Waals surface area contributed by atoms with Gasteiger partial charge in [0.25, 0.3) is 0 Å². The number of carbonyl (C=O) groups is 1. The SMILES string of the molecule is O=C(Nc1nnc(SCc2cccc3ccccc23)s1)C12CC3CC(CC(C3)C1)C2. The Hall–Kier alpha value is -1.92. The summed E-state index contributed by atoms with van der Waals surface area (Å²) in [6.07, 6.45) is 7.27. The van der Waals surface area contributed by atoms with Gasteiger partial charge in [0.05, 0.1) is 5.41 Å². The highest BCUT2D eigenvalue weighted by Gasteiger charge is 2.54. The molecule has 0 aliphatic heterocycles. The van der Waals surface area contributed by atoms with Gasteiger partial charge in [0.1, 0.15) is 0 Å². The normalized spacial score (nSPS) is 29.4. The molecule has 7 rings (SSSR count). The van der Waals surface area contributed by atoms with Gasteiger partial charge in [-0.15, -0.1) is 10.2 Å². The fourth-order valence-corrected chi connectivity index (χ4v) is 8.25. The fraction of sp³-hybridized carbons (Fsp3) is 0.458. The number of nitrogens with zero attached hydrogens (tertiary/aromatic N) is 2. The second kappa shape index (κ2) is 7.34. The Labute approximate surface area is 184 Å². The zero-order chi connectivity index (χ0) is 20.1. The average molecular weight is 436 g/mol. The molecular weight excluding hydrogens is 410 g/mol. The molecule has 1 amide bonds. The van der Waals surface area contributed by atoms with E-state index in [1.807, 2.05) is 0 Å². The van der Waals surface area contributed by atoms with E-state index in [0.29, 0.717) is 5.13 Å². The molecule has 1 aromatic heterocycles. The topological polar surface area (TPSA) is 54.9 Å². The summed E-state index contributed by atoms with van der Waals surface area (Å²) in [6.45, 7) is 0. The zero-order valence-corrected chi connectivity index (χ0v) is 18.5. The molecule has 0 spiro atoms. The van der Waals surface area contributed by atoms with Crippen molar-refractivity contribution in [1.29, 1.82) is 0 Å². The predicted octanol–water partition coefficient (Wildman–Crippen LogP) is 6.14. The number of benzene rings is 2. The Balaban J connectivity index is 1.13. The van der Waals surface area contributed by atoms with Crippen LogP contribution in [-0.4, -0.2) is 16.1 Å².